The van der Waals surface area contributed by atoms with Crippen LogP contribution in [-0.4, -0.2) is 23.3 Å². The normalized spacial score (nSPS) is 14.1. The second-order valence-electron chi connectivity index (χ2n) is 4.40. The molecular weight excluding hydrogens is 214 g/mol. The Labute approximate surface area is 99.6 Å². The molecule has 0 saturated heterocycles. The van der Waals surface area contributed by atoms with Crippen molar-refractivity contribution in [1.29, 1.82) is 0 Å². The van der Waals surface area contributed by atoms with Crippen LogP contribution in [0.5, 0.6) is 0 Å². The number of nitrogens with two attached hydrogens (primary N) is 2. The van der Waals surface area contributed by atoms with E-state index in [4.69, 9.17) is 11.6 Å². The molecule has 3 rings (SSSR count). The van der Waals surface area contributed by atoms with Crippen LogP contribution in [0.2, 0.25) is 0 Å². The lowest BCUT2D eigenvalue weighted by Gasteiger charge is -2.11. The molecule has 17 heavy (non-hydrogen) atoms. The molecule has 0 radical (unpaired) electrons. The first kappa shape index (κ1) is 10.0. The molecule has 0 bridgehead atoms. The van der Waals surface area contributed by atoms with E-state index in [1.54, 1.807) is 0 Å². The predicted octanol–water partition coefficient (Wildman–Crippen LogP) is 0.838. The van der Waals surface area contributed by atoms with Crippen LogP contribution in [0.25, 0.3) is 11.3 Å². The van der Waals surface area contributed by atoms with Crippen molar-refractivity contribution in [2.45, 2.75) is 6.42 Å². The molecule has 2 aromatic rings. The van der Waals surface area contributed by atoms with E-state index < -0.39 is 0 Å². The van der Waals surface area contributed by atoms with Crippen LogP contribution in [0.4, 0.5) is 11.5 Å². The number of anilines is 2. The summed E-state index contributed by atoms with van der Waals surface area (Å²) in [6.45, 7) is 1.07. The minimum Gasteiger partial charge on any atom is -0.382 e. The fraction of sp³-hybridized carbons (Fsp3) is 0.250. The van der Waals surface area contributed by atoms with Gasteiger partial charge < -0.3 is 16.5 Å². The maximum Gasteiger partial charge on any atom is 0.150 e. The topological polar surface area (TPSA) is 73.1 Å². The fourth-order valence-electron chi connectivity index (χ4n) is 2.31. The van der Waals surface area contributed by atoms with E-state index in [-0.39, 0.29) is 0 Å². The number of nitrogen functional groups attached to an aromatic ring is 2. The van der Waals surface area contributed by atoms with Gasteiger partial charge in [-0.25, -0.2) is 9.66 Å². The molecule has 0 fully saturated rings. The van der Waals surface area contributed by atoms with E-state index in [0.717, 1.165) is 24.2 Å². The van der Waals surface area contributed by atoms with Crippen molar-refractivity contribution < 1.29 is 0 Å². The van der Waals surface area contributed by atoms with Crippen molar-refractivity contribution in [3.05, 3.63) is 30.1 Å². The van der Waals surface area contributed by atoms with E-state index in [1.807, 2.05) is 6.07 Å². The lowest BCUT2D eigenvalue weighted by atomic mass is 10.1. The largest absolute Gasteiger partial charge is 0.382 e. The highest BCUT2D eigenvalue weighted by Gasteiger charge is 2.17. The molecule has 5 nitrogen and oxygen atoms in total. The molecular formula is C12H15N5. The van der Waals surface area contributed by atoms with Crippen molar-refractivity contribution in [3.63, 3.8) is 0 Å². The highest BCUT2D eigenvalue weighted by Crippen LogP contribution is 2.32. The zero-order chi connectivity index (χ0) is 12.0. The number of hydrogen-bond acceptors (Lipinski definition) is 4. The zero-order valence-corrected chi connectivity index (χ0v) is 9.72. The van der Waals surface area contributed by atoms with Gasteiger partial charge in [-0.2, -0.15) is 0 Å². The summed E-state index contributed by atoms with van der Waals surface area (Å²) in [4.78, 5) is 6.48. The van der Waals surface area contributed by atoms with E-state index in [1.165, 1.54) is 22.3 Å². The van der Waals surface area contributed by atoms with E-state index in [2.05, 4.69) is 29.1 Å². The maximum atomic E-state index is 5.87. The van der Waals surface area contributed by atoms with Crippen LogP contribution in [-0.2, 0) is 6.42 Å². The second-order valence-corrected chi connectivity index (χ2v) is 4.40. The van der Waals surface area contributed by atoms with E-state index >= 15 is 0 Å². The summed E-state index contributed by atoms with van der Waals surface area (Å²) in [6.07, 6.45) is 2.60. The third-order valence-corrected chi connectivity index (χ3v) is 3.31. The predicted molar refractivity (Wildman–Crippen MR) is 69.2 cm³/mol. The molecule has 0 unspecified atom stereocenters. The Kier molecular flexibility index (Phi) is 2.01. The number of imidazole rings is 1. The van der Waals surface area contributed by atoms with Gasteiger partial charge in [0.2, 0.25) is 0 Å². The van der Waals surface area contributed by atoms with Crippen molar-refractivity contribution in [1.82, 2.24) is 9.66 Å². The average Bonchev–Trinajstić information content (AvgIpc) is 2.85. The minimum absolute atomic E-state index is 0.497. The van der Waals surface area contributed by atoms with Gasteiger partial charge in [0, 0.05) is 24.8 Å². The Bertz CT molecular complexity index is 572. The van der Waals surface area contributed by atoms with E-state index in [9.17, 15) is 0 Å². The molecule has 1 aromatic carbocycles. The quantitative estimate of drug-likeness (QED) is 0.711. The molecule has 0 saturated carbocycles. The average molecular weight is 229 g/mol. The Morgan fingerprint density at radius 2 is 2.18 bits per heavy atom. The summed E-state index contributed by atoms with van der Waals surface area (Å²) >= 11 is 0. The summed E-state index contributed by atoms with van der Waals surface area (Å²) < 4.78 is 1.34. The minimum atomic E-state index is 0.497. The highest BCUT2D eigenvalue weighted by molar-refractivity contribution is 5.74. The van der Waals surface area contributed by atoms with Gasteiger partial charge in [-0.3, -0.25) is 0 Å². The van der Waals surface area contributed by atoms with Crippen molar-refractivity contribution in [2.24, 2.45) is 0 Å². The molecule has 0 atom stereocenters. The van der Waals surface area contributed by atoms with Gasteiger partial charge in [0.25, 0.3) is 0 Å². The highest BCUT2D eigenvalue weighted by atomic mass is 15.3. The Morgan fingerprint density at radius 3 is 2.88 bits per heavy atom. The lowest BCUT2D eigenvalue weighted by molar-refractivity contribution is 0.956. The summed E-state index contributed by atoms with van der Waals surface area (Å²) in [5.41, 5.74) is 10.3. The number of nitrogens with zero attached hydrogens (tertiary/aromatic N) is 3. The summed E-state index contributed by atoms with van der Waals surface area (Å²) in [6, 6.07) is 6.31. The molecule has 0 spiro atoms. The monoisotopic (exact) mass is 229 g/mol. The molecule has 0 amide bonds. The Morgan fingerprint density at radius 1 is 1.35 bits per heavy atom. The van der Waals surface area contributed by atoms with Crippen molar-refractivity contribution >= 4 is 11.5 Å². The van der Waals surface area contributed by atoms with Crippen LogP contribution < -0.4 is 16.5 Å². The third-order valence-electron chi connectivity index (χ3n) is 3.31. The van der Waals surface area contributed by atoms with Crippen molar-refractivity contribution in [3.8, 4) is 11.3 Å². The first-order chi connectivity index (χ1) is 8.16. The molecule has 1 aliphatic heterocycles. The summed E-state index contributed by atoms with van der Waals surface area (Å²) in [5.74, 6) is 6.13. The van der Waals surface area contributed by atoms with Gasteiger partial charge in [-0.1, -0.05) is 6.07 Å². The Hall–Kier alpha value is -2.17. The van der Waals surface area contributed by atoms with Gasteiger partial charge in [0.1, 0.15) is 17.8 Å². The van der Waals surface area contributed by atoms with Crippen molar-refractivity contribution in [2.75, 3.05) is 30.1 Å². The number of hydrogen-bond donors (Lipinski definition) is 2. The number of fused-ring (bicyclic) bond motifs is 1. The van der Waals surface area contributed by atoms with Crippen LogP contribution in [0.1, 0.15) is 5.56 Å². The molecule has 5 heteroatoms. The van der Waals surface area contributed by atoms with Crippen LogP contribution in [0, 0.1) is 0 Å². The summed E-state index contributed by atoms with van der Waals surface area (Å²) in [5, 5.41) is 0. The third kappa shape index (κ3) is 1.43. The van der Waals surface area contributed by atoms with Gasteiger partial charge in [0.05, 0.1) is 0 Å². The molecule has 88 valence electrons. The standard InChI is InChI=1S/C12H15N5/c1-16-5-4-8-6-9(2-3-10(8)16)11-12(13)17(14)7-15-11/h2-3,6-7H,4-5,13-14H2,1H3. The first-order valence-electron chi connectivity index (χ1n) is 5.59. The number of likely N-dealkylation sites (N-methyl/N-ethyl adjacent to an activating group) is 1. The molecule has 1 aliphatic rings. The Balaban J connectivity index is 2.09. The van der Waals surface area contributed by atoms with Crippen LogP contribution >= 0.6 is 0 Å². The summed E-state index contributed by atoms with van der Waals surface area (Å²) in [7, 11) is 2.11. The smallest absolute Gasteiger partial charge is 0.150 e. The van der Waals surface area contributed by atoms with Gasteiger partial charge in [-0.05, 0) is 24.1 Å². The number of aromatic nitrogens is 2. The lowest BCUT2D eigenvalue weighted by Crippen LogP contribution is -2.12. The van der Waals surface area contributed by atoms with Crippen LogP contribution in [0.15, 0.2) is 24.5 Å². The second kappa shape index (κ2) is 3.41. The van der Waals surface area contributed by atoms with Gasteiger partial charge >= 0.3 is 0 Å². The maximum absolute atomic E-state index is 5.87. The molecule has 4 N–H and O–H groups in total. The zero-order valence-electron chi connectivity index (χ0n) is 9.72. The number of benzene rings is 1. The van der Waals surface area contributed by atoms with Gasteiger partial charge in [-0.15, -0.1) is 0 Å². The SMILES string of the molecule is CN1CCc2cc(-c3ncn(N)c3N)ccc21. The van der Waals surface area contributed by atoms with Gasteiger partial charge in [0.15, 0.2) is 0 Å². The molecule has 1 aromatic heterocycles. The molecule has 2 heterocycles. The number of rotatable bonds is 1. The fourth-order valence-corrected chi connectivity index (χ4v) is 2.31. The van der Waals surface area contributed by atoms with E-state index in [0.29, 0.717) is 5.82 Å². The molecule has 0 aliphatic carbocycles. The first-order valence-corrected chi connectivity index (χ1v) is 5.59. The van der Waals surface area contributed by atoms with Crippen LogP contribution in [0.3, 0.4) is 0 Å².